The van der Waals surface area contributed by atoms with Gasteiger partial charge >= 0.3 is 0 Å². The Labute approximate surface area is 159 Å². The van der Waals surface area contributed by atoms with E-state index >= 15 is 0 Å². The van der Waals surface area contributed by atoms with Crippen molar-refractivity contribution < 1.29 is 9.32 Å². The number of nitrogens with one attached hydrogen (secondary N) is 2. The number of hydrogen-bond acceptors (Lipinski definition) is 5. The predicted molar refractivity (Wildman–Crippen MR) is 104 cm³/mol. The molecule has 1 aliphatic rings. The number of guanidine groups is 1. The van der Waals surface area contributed by atoms with Crippen LogP contribution in [0.5, 0.6) is 0 Å². The number of piperazine rings is 1. The Morgan fingerprint density at radius 2 is 1.96 bits per heavy atom. The first kappa shape index (κ1) is 18.9. The van der Waals surface area contributed by atoms with Crippen LogP contribution >= 0.6 is 0 Å². The molecular weight excluding hydrogens is 344 g/mol. The first-order valence-electron chi connectivity index (χ1n) is 9.24. The van der Waals surface area contributed by atoms with E-state index in [-0.39, 0.29) is 12.5 Å². The van der Waals surface area contributed by atoms with E-state index in [0.29, 0.717) is 0 Å². The zero-order valence-electron chi connectivity index (χ0n) is 15.6. The van der Waals surface area contributed by atoms with Crippen LogP contribution in [-0.4, -0.2) is 66.1 Å². The molecular formula is C19H26N6O2. The number of nitrogens with zero attached hydrogens (tertiary/aromatic N) is 4. The summed E-state index contributed by atoms with van der Waals surface area (Å²) in [6.45, 7) is 7.20. The van der Waals surface area contributed by atoms with E-state index in [2.05, 4.69) is 30.6 Å². The van der Waals surface area contributed by atoms with E-state index in [9.17, 15) is 4.79 Å². The second-order valence-electron chi connectivity index (χ2n) is 6.34. The predicted octanol–water partition coefficient (Wildman–Crippen LogP) is 1.40. The zero-order chi connectivity index (χ0) is 18.9. The summed E-state index contributed by atoms with van der Waals surface area (Å²) < 4.78 is 4.89. The van der Waals surface area contributed by atoms with Gasteiger partial charge in [0.05, 0.1) is 5.69 Å². The molecule has 0 saturated carbocycles. The van der Waals surface area contributed by atoms with Crippen LogP contribution < -0.4 is 10.6 Å². The Kier molecular flexibility index (Phi) is 6.81. The smallest absolute Gasteiger partial charge is 0.246 e. The SMILES string of the molecule is CCNC(=NCC(=O)Nc1ccccc1)N1CCN(Cc2ccon2)CC1. The number of benzene rings is 1. The van der Waals surface area contributed by atoms with Crippen molar-refractivity contribution in [1.82, 2.24) is 20.3 Å². The number of aliphatic imine (C=N–C) groups is 1. The average molecular weight is 370 g/mol. The van der Waals surface area contributed by atoms with E-state index in [0.717, 1.165) is 56.6 Å². The lowest BCUT2D eigenvalue weighted by Crippen LogP contribution is -2.52. The molecule has 27 heavy (non-hydrogen) atoms. The molecule has 0 bridgehead atoms. The van der Waals surface area contributed by atoms with Gasteiger partial charge in [-0.3, -0.25) is 9.69 Å². The number of amides is 1. The molecule has 0 radical (unpaired) electrons. The van der Waals surface area contributed by atoms with E-state index in [1.165, 1.54) is 0 Å². The zero-order valence-corrected chi connectivity index (χ0v) is 15.6. The minimum absolute atomic E-state index is 0.0936. The maximum atomic E-state index is 12.1. The Morgan fingerprint density at radius 1 is 1.19 bits per heavy atom. The summed E-state index contributed by atoms with van der Waals surface area (Å²) in [6, 6.07) is 11.3. The van der Waals surface area contributed by atoms with Gasteiger partial charge in [0.25, 0.3) is 0 Å². The van der Waals surface area contributed by atoms with Crippen LogP contribution in [-0.2, 0) is 11.3 Å². The Balaban J connectivity index is 1.50. The molecule has 1 aliphatic heterocycles. The van der Waals surface area contributed by atoms with Crippen LogP contribution in [0, 0.1) is 0 Å². The van der Waals surface area contributed by atoms with E-state index in [4.69, 9.17) is 4.52 Å². The van der Waals surface area contributed by atoms with Crippen molar-refractivity contribution in [2.45, 2.75) is 13.5 Å². The van der Waals surface area contributed by atoms with Crippen molar-refractivity contribution in [2.24, 2.45) is 4.99 Å². The van der Waals surface area contributed by atoms with Crippen LogP contribution in [0.2, 0.25) is 0 Å². The summed E-state index contributed by atoms with van der Waals surface area (Å²) in [6.07, 6.45) is 1.60. The van der Waals surface area contributed by atoms with Crippen LogP contribution in [0.15, 0.2) is 52.2 Å². The molecule has 8 heteroatoms. The van der Waals surface area contributed by atoms with Crippen LogP contribution in [0.4, 0.5) is 5.69 Å². The van der Waals surface area contributed by atoms with E-state index in [1.54, 1.807) is 6.26 Å². The lowest BCUT2D eigenvalue weighted by atomic mass is 10.3. The number of aromatic nitrogens is 1. The molecule has 1 aromatic carbocycles. The van der Waals surface area contributed by atoms with Gasteiger partial charge in [-0.15, -0.1) is 0 Å². The summed E-state index contributed by atoms with van der Waals surface area (Å²) in [5, 5.41) is 10.1. The molecule has 1 saturated heterocycles. The highest BCUT2D eigenvalue weighted by Crippen LogP contribution is 2.08. The molecule has 2 heterocycles. The minimum atomic E-state index is -0.124. The van der Waals surface area contributed by atoms with E-state index < -0.39 is 0 Å². The molecule has 8 nitrogen and oxygen atoms in total. The van der Waals surface area contributed by atoms with Crippen molar-refractivity contribution >= 4 is 17.6 Å². The summed E-state index contributed by atoms with van der Waals surface area (Å²) >= 11 is 0. The van der Waals surface area contributed by atoms with Gasteiger partial charge in [-0.2, -0.15) is 0 Å². The van der Waals surface area contributed by atoms with Gasteiger partial charge in [-0.05, 0) is 19.1 Å². The topological polar surface area (TPSA) is 86.0 Å². The molecule has 144 valence electrons. The highest BCUT2D eigenvalue weighted by atomic mass is 16.5. The van der Waals surface area contributed by atoms with Gasteiger partial charge in [0.2, 0.25) is 5.91 Å². The second kappa shape index (κ2) is 9.72. The van der Waals surface area contributed by atoms with Gasteiger partial charge in [0.1, 0.15) is 12.8 Å². The van der Waals surface area contributed by atoms with Crippen molar-refractivity contribution in [3.8, 4) is 0 Å². The molecule has 0 aliphatic carbocycles. The third-order valence-electron chi connectivity index (χ3n) is 4.31. The highest BCUT2D eigenvalue weighted by Gasteiger charge is 2.20. The van der Waals surface area contributed by atoms with Crippen LogP contribution in [0.25, 0.3) is 0 Å². The Morgan fingerprint density at radius 3 is 2.63 bits per heavy atom. The fourth-order valence-corrected chi connectivity index (χ4v) is 2.96. The fraction of sp³-hybridized carbons (Fsp3) is 0.421. The minimum Gasteiger partial charge on any atom is -0.364 e. The fourth-order valence-electron chi connectivity index (χ4n) is 2.96. The van der Waals surface area contributed by atoms with Gasteiger partial charge in [-0.1, -0.05) is 23.4 Å². The Bertz CT molecular complexity index is 724. The third-order valence-corrected chi connectivity index (χ3v) is 4.31. The summed E-state index contributed by atoms with van der Waals surface area (Å²) in [4.78, 5) is 21.2. The maximum Gasteiger partial charge on any atom is 0.246 e. The molecule has 3 rings (SSSR count). The lowest BCUT2D eigenvalue weighted by molar-refractivity contribution is -0.114. The standard InChI is InChI=1S/C19H26N6O2/c1-2-20-19(21-14-18(26)22-16-6-4-3-5-7-16)25-11-9-24(10-12-25)15-17-8-13-27-23-17/h3-8,13H,2,9-12,14-15H2,1H3,(H,20,21)(H,22,26). The van der Waals surface area contributed by atoms with Crippen molar-refractivity contribution in [3.05, 3.63) is 48.4 Å². The molecule has 0 unspecified atom stereocenters. The Hall–Kier alpha value is -2.87. The summed E-state index contributed by atoms with van der Waals surface area (Å²) in [5.41, 5.74) is 1.73. The van der Waals surface area contributed by atoms with E-state index in [1.807, 2.05) is 43.3 Å². The van der Waals surface area contributed by atoms with Crippen molar-refractivity contribution in [2.75, 3.05) is 44.6 Å². The molecule has 1 amide bonds. The van der Waals surface area contributed by atoms with Crippen molar-refractivity contribution in [3.63, 3.8) is 0 Å². The summed E-state index contributed by atoms with van der Waals surface area (Å²) in [5.74, 6) is 0.656. The first-order chi connectivity index (χ1) is 13.2. The van der Waals surface area contributed by atoms with Gasteiger partial charge in [0.15, 0.2) is 5.96 Å². The van der Waals surface area contributed by atoms with Gasteiger partial charge in [-0.25, -0.2) is 4.99 Å². The third kappa shape index (κ3) is 5.82. The van der Waals surface area contributed by atoms with Crippen molar-refractivity contribution in [1.29, 1.82) is 0 Å². The quantitative estimate of drug-likeness (QED) is 0.590. The lowest BCUT2D eigenvalue weighted by Gasteiger charge is -2.36. The number of hydrogen-bond donors (Lipinski definition) is 2. The molecule has 0 atom stereocenters. The molecule has 2 N–H and O–H groups in total. The first-order valence-corrected chi connectivity index (χ1v) is 9.24. The van der Waals surface area contributed by atoms with Gasteiger partial charge < -0.3 is 20.1 Å². The van der Waals surface area contributed by atoms with Crippen LogP contribution in [0.3, 0.4) is 0 Å². The molecule has 2 aromatic rings. The number of rotatable bonds is 6. The number of carbonyl (C=O) groups is 1. The normalized spacial score (nSPS) is 15.6. The second-order valence-corrected chi connectivity index (χ2v) is 6.34. The maximum absolute atomic E-state index is 12.1. The largest absolute Gasteiger partial charge is 0.364 e. The van der Waals surface area contributed by atoms with Gasteiger partial charge in [0, 0.05) is 51.0 Å². The van der Waals surface area contributed by atoms with Crippen LogP contribution in [0.1, 0.15) is 12.6 Å². The molecule has 1 aromatic heterocycles. The summed E-state index contributed by atoms with van der Waals surface area (Å²) in [7, 11) is 0. The highest BCUT2D eigenvalue weighted by molar-refractivity contribution is 5.94. The number of anilines is 1. The average Bonchev–Trinajstić information content (AvgIpc) is 3.20. The number of para-hydroxylation sites is 1. The number of carbonyl (C=O) groups excluding carboxylic acids is 1. The monoisotopic (exact) mass is 370 g/mol. The molecule has 1 fully saturated rings. The molecule has 0 spiro atoms.